The maximum atomic E-state index is 10.3. The van der Waals surface area contributed by atoms with Crippen molar-refractivity contribution in [2.75, 3.05) is 0 Å². The van der Waals surface area contributed by atoms with Crippen LogP contribution in [0.5, 0.6) is 0 Å². The van der Waals surface area contributed by atoms with Gasteiger partial charge in [0.05, 0.1) is 10.6 Å². The van der Waals surface area contributed by atoms with E-state index in [0.717, 1.165) is 5.56 Å². The molecule has 1 aromatic heterocycles. The van der Waals surface area contributed by atoms with E-state index in [4.69, 9.17) is 11.6 Å². The zero-order valence-electron chi connectivity index (χ0n) is 5.47. The number of rotatable bonds is 1. The molecular formula is C7H6ClNO. The SMILES string of the molecule is Cc1cncc(C=O)c1Cl. The molecule has 0 N–H and O–H groups in total. The maximum absolute atomic E-state index is 10.3. The third kappa shape index (κ3) is 1.16. The minimum absolute atomic E-state index is 0.446. The molecule has 0 saturated carbocycles. The minimum atomic E-state index is 0.446. The smallest absolute Gasteiger partial charge is 0.153 e. The topological polar surface area (TPSA) is 30.0 Å². The van der Waals surface area contributed by atoms with E-state index in [1.165, 1.54) is 6.20 Å². The Kier molecular flexibility index (Phi) is 2.02. The van der Waals surface area contributed by atoms with E-state index in [-0.39, 0.29) is 0 Å². The monoisotopic (exact) mass is 155 g/mol. The van der Waals surface area contributed by atoms with Crippen LogP contribution in [0.25, 0.3) is 0 Å². The molecule has 1 rings (SSSR count). The Labute approximate surface area is 63.8 Å². The fourth-order valence-corrected chi connectivity index (χ4v) is 0.795. The molecule has 0 aliphatic heterocycles. The van der Waals surface area contributed by atoms with Gasteiger partial charge in [-0.15, -0.1) is 0 Å². The van der Waals surface area contributed by atoms with E-state index in [9.17, 15) is 4.79 Å². The molecule has 10 heavy (non-hydrogen) atoms. The highest BCUT2D eigenvalue weighted by Crippen LogP contribution is 2.16. The van der Waals surface area contributed by atoms with Crippen LogP contribution in [0.4, 0.5) is 0 Å². The van der Waals surface area contributed by atoms with Gasteiger partial charge >= 0.3 is 0 Å². The van der Waals surface area contributed by atoms with Crippen molar-refractivity contribution in [2.45, 2.75) is 6.92 Å². The Bertz CT molecular complexity index is 260. The molecule has 0 atom stereocenters. The molecule has 3 heteroatoms. The van der Waals surface area contributed by atoms with Crippen LogP contribution in [0, 0.1) is 6.92 Å². The van der Waals surface area contributed by atoms with Gasteiger partial charge in [0.15, 0.2) is 6.29 Å². The number of carbonyl (C=O) groups excluding carboxylic acids is 1. The first-order chi connectivity index (χ1) is 4.75. The summed E-state index contributed by atoms with van der Waals surface area (Å²) in [6.45, 7) is 1.81. The van der Waals surface area contributed by atoms with Crippen molar-refractivity contribution in [3.05, 3.63) is 28.5 Å². The second-order valence-corrected chi connectivity index (χ2v) is 2.36. The standard InChI is InChI=1S/C7H6ClNO/c1-5-2-9-3-6(4-10)7(5)8/h2-4H,1H3. The van der Waals surface area contributed by atoms with E-state index in [1.54, 1.807) is 6.20 Å². The average molecular weight is 156 g/mol. The second-order valence-electron chi connectivity index (χ2n) is 1.98. The summed E-state index contributed by atoms with van der Waals surface area (Å²) < 4.78 is 0. The summed E-state index contributed by atoms with van der Waals surface area (Å²) in [5.74, 6) is 0. The van der Waals surface area contributed by atoms with Crippen molar-refractivity contribution in [2.24, 2.45) is 0 Å². The van der Waals surface area contributed by atoms with Crippen molar-refractivity contribution in [1.82, 2.24) is 4.98 Å². The molecule has 0 saturated heterocycles. The lowest BCUT2D eigenvalue weighted by Crippen LogP contribution is -1.86. The van der Waals surface area contributed by atoms with Gasteiger partial charge in [-0.05, 0) is 12.5 Å². The summed E-state index contributed by atoms with van der Waals surface area (Å²) >= 11 is 5.72. The lowest BCUT2D eigenvalue weighted by Gasteiger charge is -1.96. The predicted molar refractivity (Wildman–Crippen MR) is 39.4 cm³/mol. The van der Waals surface area contributed by atoms with E-state index in [0.29, 0.717) is 16.9 Å². The first-order valence-electron chi connectivity index (χ1n) is 2.81. The molecule has 0 aliphatic rings. The molecule has 0 aliphatic carbocycles. The average Bonchev–Trinajstić information content (AvgIpc) is 1.95. The highest BCUT2D eigenvalue weighted by Gasteiger charge is 2.00. The van der Waals surface area contributed by atoms with Crippen molar-refractivity contribution >= 4 is 17.9 Å². The third-order valence-corrected chi connectivity index (χ3v) is 1.72. The highest BCUT2D eigenvalue weighted by atomic mass is 35.5. The van der Waals surface area contributed by atoms with Gasteiger partial charge in [-0.3, -0.25) is 9.78 Å². The van der Waals surface area contributed by atoms with Crippen LogP contribution >= 0.6 is 11.6 Å². The first kappa shape index (κ1) is 7.22. The molecule has 0 bridgehead atoms. The first-order valence-corrected chi connectivity index (χ1v) is 3.19. The predicted octanol–water partition coefficient (Wildman–Crippen LogP) is 1.86. The molecular weight excluding hydrogens is 150 g/mol. The number of pyridine rings is 1. The molecule has 0 radical (unpaired) electrons. The summed E-state index contributed by atoms with van der Waals surface area (Å²) in [6.07, 6.45) is 3.76. The number of aldehydes is 1. The number of hydrogen-bond donors (Lipinski definition) is 0. The number of aromatic nitrogens is 1. The number of hydrogen-bond acceptors (Lipinski definition) is 2. The Morgan fingerprint density at radius 3 is 2.80 bits per heavy atom. The summed E-state index contributed by atoms with van der Waals surface area (Å²) in [4.78, 5) is 14.1. The lowest BCUT2D eigenvalue weighted by molar-refractivity contribution is 0.112. The van der Waals surface area contributed by atoms with E-state index < -0.39 is 0 Å². The van der Waals surface area contributed by atoms with Crippen LogP contribution in [0.3, 0.4) is 0 Å². The fourth-order valence-electron chi connectivity index (χ4n) is 0.653. The molecule has 2 nitrogen and oxygen atoms in total. The molecule has 1 aromatic rings. The highest BCUT2D eigenvalue weighted by molar-refractivity contribution is 6.33. The van der Waals surface area contributed by atoms with Gasteiger partial charge < -0.3 is 0 Å². The van der Waals surface area contributed by atoms with E-state index in [1.807, 2.05) is 6.92 Å². The second kappa shape index (κ2) is 2.80. The number of halogens is 1. The number of aryl methyl sites for hydroxylation is 1. The van der Waals surface area contributed by atoms with Crippen molar-refractivity contribution in [3.8, 4) is 0 Å². The zero-order valence-corrected chi connectivity index (χ0v) is 6.22. The van der Waals surface area contributed by atoms with Gasteiger partial charge in [0.25, 0.3) is 0 Å². The fraction of sp³-hybridized carbons (Fsp3) is 0.143. The molecule has 1 heterocycles. The summed E-state index contributed by atoms with van der Waals surface area (Å²) in [5, 5.41) is 0.491. The largest absolute Gasteiger partial charge is 0.298 e. The normalized spacial score (nSPS) is 9.40. The van der Waals surface area contributed by atoms with Gasteiger partial charge in [0, 0.05) is 12.4 Å². The van der Waals surface area contributed by atoms with E-state index in [2.05, 4.69) is 4.98 Å². The van der Waals surface area contributed by atoms with Crippen LogP contribution in [-0.4, -0.2) is 11.3 Å². The summed E-state index contributed by atoms with van der Waals surface area (Å²) in [5.41, 5.74) is 1.27. The van der Waals surface area contributed by atoms with Crippen molar-refractivity contribution < 1.29 is 4.79 Å². The van der Waals surface area contributed by atoms with Gasteiger partial charge in [-0.25, -0.2) is 0 Å². The minimum Gasteiger partial charge on any atom is -0.298 e. The molecule has 0 aromatic carbocycles. The summed E-state index contributed by atoms with van der Waals surface area (Å²) in [6, 6.07) is 0. The van der Waals surface area contributed by atoms with Crippen LogP contribution in [0.1, 0.15) is 15.9 Å². The number of nitrogens with zero attached hydrogens (tertiary/aromatic N) is 1. The van der Waals surface area contributed by atoms with Crippen LogP contribution in [-0.2, 0) is 0 Å². The Balaban J connectivity index is 3.27. The van der Waals surface area contributed by atoms with Crippen LogP contribution in [0.15, 0.2) is 12.4 Å². The Morgan fingerprint density at radius 2 is 2.30 bits per heavy atom. The van der Waals surface area contributed by atoms with Crippen molar-refractivity contribution in [1.29, 1.82) is 0 Å². The molecule has 0 amide bonds. The van der Waals surface area contributed by atoms with Crippen LogP contribution in [0.2, 0.25) is 5.02 Å². The molecule has 0 unspecified atom stereocenters. The lowest BCUT2D eigenvalue weighted by atomic mass is 10.2. The van der Waals surface area contributed by atoms with Gasteiger partial charge in [0.1, 0.15) is 0 Å². The van der Waals surface area contributed by atoms with E-state index >= 15 is 0 Å². The third-order valence-electron chi connectivity index (χ3n) is 1.21. The molecule has 52 valence electrons. The van der Waals surface area contributed by atoms with Crippen LogP contribution < -0.4 is 0 Å². The van der Waals surface area contributed by atoms with Crippen molar-refractivity contribution in [3.63, 3.8) is 0 Å². The Hall–Kier alpha value is -0.890. The zero-order chi connectivity index (χ0) is 7.56. The summed E-state index contributed by atoms with van der Waals surface area (Å²) in [7, 11) is 0. The molecule has 0 fully saturated rings. The van der Waals surface area contributed by atoms with Gasteiger partial charge in [-0.2, -0.15) is 0 Å². The van der Waals surface area contributed by atoms with Gasteiger partial charge in [0.2, 0.25) is 0 Å². The quantitative estimate of drug-likeness (QED) is 0.580. The molecule has 0 spiro atoms. The number of carbonyl (C=O) groups is 1. The Morgan fingerprint density at radius 1 is 1.60 bits per heavy atom. The maximum Gasteiger partial charge on any atom is 0.153 e. The van der Waals surface area contributed by atoms with Gasteiger partial charge in [-0.1, -0.05) is 11.6 Å².